The second kappa shape index (κ2) is 6.92. The van der Waals surface area contributed by atoms with Crippen molar-refractivity contribution in [1.82, 2.24) is 15.1 Å². The summed E-state index contributed by atoms with van der Waals surface area (Å²) in [7, 11) is 1.33. The number of benzene rings is 1. The smallest absolute Gasteiger partial charge is 0.409 e. The lowest BCUT2D eigenvalue weighted by Crippen LogP contribution is -2.53. The van der Waals surface area contributed by atoms with Gasteiger partial charge in [0.1, 0.15) is 5.82 Å². The van der Waals surface area contributed by atoms with Gasteiger partial charge in [-0.2, -0.15) is 0 Å². The monoisotopic (exact) mass is 295 g/mol. The van der Waals surface area contributed by atoms with Crippen LogP contribution in [0.3, 0.4) is 0 Å². The highest BCUT2D eigenvalue weighted by Gasteiger charge is 2.24. The molecule has 1 aliphatic heterocycles. The van der Waals surface area contributed by atoms with Gasteiger partial charge in [0.2, 0.25) is 0 Å². The number of methoxy groups -OCH3 is 1. The first-order valence-electron chi connectivity index (χ1n) is 6.70. The molecule has 7 heteroatoms. The molecule has 0 bridgehead atoms. The van der Waals surface area contributed by atoms with Crippen molar-refractivity contribution in [3.05, 3.63) is 35.6 Å². The molecule has 1 saturated heterocycles. The zero-order chi connectivity index (χ0) is 15.2. The Hall–Kier alpha value is -2.31. The number of amides is 3. The average molecular weight is 295 g/mol. The van der Waals surface area contributed by atoms with Gasteiger partial charge >= 0.3 is 12.1 Å². The minimum atomic E-state index is -0.380. The highest BCUT2D eigenvalue weighted by molar-refractivity contribution is 5.75. The van der Waals surface area contributed by atoms with Crippen molar-refractivity contribution in [3.63, 3.8) is 0 Å². The van der Waals surface area contributed by atoms with Gasteiger partial charge in [-0.1, -0.05) is 12.1 Å². The summed E-state index contributed by atoms with van der Waals surface area (Å²) < 4.78 is 17.7. The second-order valence-electron chi connectivity index (χ2n) is 4.73. The van der Waals surface area contributed by atoms with Crippen LogP contribution in [0, 0.1) is 5.82 Å². The third-order valence-electron chi connectivity index (χ3n) is 3.33. The van der Waals surface area contributed by atoms with E-state index in [1.54, 1.807) is 21.9 Å². The molecule has 3 amide bonds. The first-order valence-corrected chi connectivity index (χ1v) is 6.70. The van der Waals surface area contributed by atoms with Gasteiger partial charge in [0.25, 0.3) is 0 Å². The standard InChI is InChI=1S/C14H18FN3O3/c1-21-14(20)18-7-5-17(6-8-18)13(19)16-10-11-3-2-4-12(15)9-11/h2-4,9H,5-8,10H2,1H3,(H,16,19). The quantitative estimate of drug-likeness (QED) is 0.897. The molecule has 0 aliphatic carbocycles. The Bertz CT molecular complexity index is 516. The van der Waals surface area contributed by atoms with Crippen LogP contribution in [0.15, 0.2) is 24.3 Å². The van der Waals surface area contributed by atoms with Crippen LogP contribution in [0.5, 0.6) is 0 Å². The molecule has 1 N–H and O–H groups in total. The van der Waals surface area contributed by atoms with Crippen LogP contribution in [0.2, 0.25) is 0 Å². The SMILES string of the molecule is COC(=O)N1CCN(C(=O)NCc2cccc(F)c2)CC1. The molecule has 0 radical (unpaired) electrons. The molecule has 21 heavy (non-hydrogen) atoms. The van der Waals surface area contributed by atoms with E-state index < -0.39 is 0 Å². The Labute approximate surface area is 122 Å². The number of halogens is 1. The van der Waals surface area contributed by atoms with Crippen LogP contribution in [0.1, 0.15) is 5.56 Å². The number of urea groups is 1. The zero-order valence-electron chi connectivity index (χ0n) is 11.8. The number of ether oxygens (including phenoxy) is 1. The second-order valence-corrected chi connectivity index (χ2v) is 4.73. The summed E-state index contributed by atoms with van der Waals surface area (Å²) in [5, 5.41) is 2.74. The van der Waals surface area contributed by atoms with Gasteiger partial charge < -0.3 is 19.9 Å². The summed E-state index contributed by atoms with van der Waals surface area (Å²) >= 11 is 0. The Morgan fingerprint density at radius 2 is 1.90 bits per heavy atom. The summed E-state index contributed by atoms with van der Waals surface area (Å²) in [6, 6.07) is 5.88. The van der Waals surface area contributed by atoms with E-state index in [2.05, 4.69) is 10.1 Å². The van der Waals surface area contributed by atoms with E-state index >= 15 is 0 Å². The van der Waals surface area contributed by atoms with Crippen molar-refractivity contribution in [2.75, 3.05) is 33.3 Å². The molecule has 1 aliphatic rings. The minimum absolute atomic E-state index is 0.219. The van der Waals surface area contributed by atoms with Gasteiger partial charge in [-0.25, -0.2) is 14.0 Å². The predicted octanol–water partition coefficient (Wildman–Crippen LogP) is 1.42. The maximum Gasteiger partial charge on any atom is 0.409 e. The number of carbonyl (C=O) groups excluding carboxylic acids is 2. The Balaban J connectivity index is 1.78. The predicted molar refractivity (Wildman–Crippen MR) is 74.2 cm³/mol. The topological polar surface area (TPSA) is 61.9 Å². The molecule has 1 aromatic carbocycles. The largest absolute Gasteiger partial charge is 0.453 e. The summed E-state index contributed by atoms with van der Waals surface area (Å²) in [4.78, 5) is 26.5. The molecule has 1 aromatic rings. The first kappa shape index (κ1) is 15.1. The number of nitrogens with one attached hydrogen (secondary N) is 1. The van der Waals surface area contributed by atoms with Crippen LogP contribution in [0.4, 0.5) is 14.0 Å². The molecule has 0 unspecified atom stereocenters. The number of carbonyl (C=O) groups is 2. The Morgan fingerprint density at radius 1 is 1.24 bits per heavy atom. The van der Waals surface area contributed by atoms with Gasteiger partial charge in [-0.05, 0) is 17.7 Å². The number of hydrogen-bond donors (Lipinski definition) is 1. The van der Waals surface area contributed by atoms with E-state index in [9.17, 15) is 14.0 Å². The first-order chi connectivity index (χ1) is 10.1. The average Bonchev–Trinajstić information content (AvgIpc) is 2.52. The van der Waals surface area contributed by atoms with E-state index in [0.717, 1.165) is 0 Å². The third kappa shape index (κ3) is 4.08. The van der Waals surface area contributed by atoms with Crippen LogP contribution in [0.25, 0.3) is 0 Å². The van der Waals surface area contributed by atoms with Crippen molar-refractivity contribution < 1.29 is 18.7 Å². The lowest BCUT2D eigenvalue weighted by molar-refractivity contribution is 0.0970. The number of rotatable bonds is 2. The molecule has 6 nitrogen and oxygen atoms in total. The fourth-order valence-electron chi connectivity index (χ4n) is 2.16. The molecule has 0 aromatic heterocycles. The molecular formula is C14H18FN3O3. The van der Waals surface area contributed by atoms with E-state index in [-0.39, 0.29) is 24.5 Å². The molecule has 0 spiro atoms. The van der Waals surface area contributed by atoms with Gasteiger partial charge in [0.15, 0.2) is 0 Å². The lowest BCUT2D eigenvalue weighted by Gasteiger charge is -2.33. The summed E-state index contributed by atoms with van der Waals surface area (Å²) in [5.41, 5.74) is 0.705. The zero-order valence-corrected chi connectivity index (χ0v) is 11.8. The van der Waals surface area contributed by atoms with Gasteiger partial charge in [-0.15, -0.1) is 0 Å². The van der Waals surface area contributed by atoms with Gasteiger partial charge in [-0.3, -0.25) is 0 Å². The highest BCUT2D eigenvalue weighted by Crippen LogP contribution is 2.06. The van der Waals surface area contributed by atoms with Crippen molar-refractivity contribution in [2.24, 2.45) is 0 Å². The van der Waals surface area contributed by atoms with Crippen molar-refractivity contribution in [2.45, 2.75) is 6.54 Å². The number of nitrogens with zero attached hydrogens (tertiary/aromatic N) is 2. The third-order valence-corrected chi connectivity index (χ3v) is 3.33. The maximum absolute atomic E-state index is 13.0. The molecule has 2 rings (SSSR count). The Kier molecular flexibility index (Phi) is 4.97. The maximum atomic E-state index is 13.0. The Morgan fingerprint density at radius 3 is 2.52 bits per heavy atom. The molecular weight excluding hydrogens is 277 g/mol. The van der Waals surface area contributed by atoms with Gasteiger partial charge in [0.05, 0.1) is 7.11 Å². The van der Waals surface area contributed by atoms with E-state index in [1.165, 1.54) is 19.2 Å². The molecule has 0 saturated carbocycles. The van der Waals surface area contributed by atoms with Crippen molar-refractivity contribution >= 4 is 12.1 Å². The normalized spacial score (nSPS) is 14.8. The van der Waals surface area contributed by atoms with E-state index in [0.29, 0.717) is 31.7 Å². The van der Waals surface area contributed by atoms with Crippen LogP contribution < -0.4 is 5.32 Å². The lowest BCUT2D eigenvalue weighted by atomic mass is 10.2. The number of hydrogen-bond acceptors (Lipinski definition) is 3. The highest BCUT2D eigenvalue weighted by atomic mass is 19.1. The van der Waals surface area contributed by atoms with E-state index in [4.69, 9.17) is 0 Å². The summed E-state index contributed by atoms with van der Waals surface area (Å²) in [5.74, 6) is -0.326. The molecule has 114 valence electrons. The fraction of sp³-hybridized carbons (Fsp3) is 0.429. The van der Waals surface area contributed by atoms with Crippen molar-refractivity contribution in [3.8, 4) is 0 Å². The molecule has 1 fully saturated rings. The van der Waals surface area contributed by atoms with E-state index in [1.807, 2.05) is 0 Å². The summed E-state index contributed by atoms with van der Waals surface area (Å²) in [6.07, 6.45) is -0.380. The van der Waals surface area contributed by atoms with Crippen LogP contribution >= 0.6 is 0 Å². The molecule has 1 heterocycles. The van der Waals surface area contributed by atoms with Crippen molar-refractivity contribution in [1.29, 1.82) is 0 Å². The fourth-order valence-corrected chi connectivity index (χ4v) is 2.16. The van der Waals surface area contributed by atoms with Crippen LogP contribution in [-0.4, -0.2) is 55.2 Å². The summed E-state index contributed by atoms with van der Waals surface area (Å²) in [6.45, 7) is 2.06. The van der Waals surface area contributed by atoms with Crippen LogP contribution in [-0.2, 0) is 11.3 Å². The molecule has 0 atom stereocenters. The van der Waals surface area contributed by atoms with Gasteiger partial charge in [0, 0.05) is 32.7 Å². The minimum Gasteiger partial charge on any atom is -0.453 e. The number of piperazine rings is 1.